The van der Waals surface area contributed by atoms with E-state index < -0.39 is 0 Å². The molecular weight excluding hydrogens is 286 g/mol. The van der Waals surface area contributed by atoms with Gasteiger partial charge in [0.25, 0.3) is 0 Å². The molecular formula is C15H25N3O2S. The first-order valence-electron chi connectivity index (χ1n) is 7.59. The van der Waals surface area contributed by atoms with E-state index >= 15 is 0 Å². The van der Waals surface area contributed by atoms with E-state index in [1.807, 2.05) is 12.3 Å². The van der Waals surface area contributed by atoms with Crippen molar-refractivity contribution in [2.75, 3.05) is 6.61 Å². The van der Waals surface area contributed by atoms with Gasteiger partial charge in [0.2, 0.25) is 0 Å². The summed E-state index contributed by atoms with van der Waals surface area (Å²) < 4.78 is 0. The van der Waals surface area contributed by atoms with Gasteiger partial charge in [-0.2, -0.15) is 0 Å². The number of carbonyl (C=O) groups excluding carboxylic acids is 1. The number of urea groups is 1. The summed E-state index contributed by atoms with van der Waals surface area (Å²) in [5, 5.41) is 18.2. The van der Waals surface area contributed by atoms with Crippen molar-refractivity contribution in [3.63, 3.8) is 0 Å². The minimum Gasteiger partial charge on any atom is -0.394 e. The van der Waals surface area contributed by atoms with Crippen molar-refractivity contribution in [2.24, 2.45) is 11.8 Å². The Balaban J connectivity index is 1.92. The fourth-order valence-electron chi connectivity index (χ4n) is 2.44. The molecule has 2 amide bonds. The number of hydrogen-bond acceptors (Lipinski definition) is 4. The third-order valence-electron chi connectivity index (χ3n) is 3.59. The molecule has 0 bridgehead atoms. The van der Waals surface area contributed by atoms with Gasteiger partial charge in [0.05, 0.1) is 18.7 Å². The first-order chi connectivity index (χ1) is 9.99. The van der Waals surface area contributed by atoms with Crippen LogP contribution in [0.1, 0.15) is 49.9 Å². The van der Waals surface area contributed by atoms with Crippen molar-refractivity contribution in [1.29, 1.82) is 0 Å². The first-order valence-corrected chi connectivity index (χ1v) is 8.47. The molecule has 2 atom stereocenters. The van der Waals surface area contributed by atoms with Crippen molar-refractivity contribution in [3.8, 4) is 0 Å². The van der Waals surface area contributed by atoms with Gasteiger partial charge in [0.1, 0.15) is 5.01 Å². The number of nitrogens with zero attached hydrogens (tertiary/aromatic N) is 1. The predicted octanol–water partition coefficient (Wildman–Crippen LogP) is 2.61. The quantitative estimate of drug-likeness (QED) is 0.724. The topological polar surface area (TPSA) is 74.2 Å². The molecule has 118 valence electrons. The number of thiazole rings is 1. The van der Waals surface area contributed by atoms with E-state index in [0.29, 0.717) is 11.8 Å². The first kappa shape index (κ1) is 16.2. The minimum absolute atomic E-state index is 0.00194. The van der Waals surface area contributed by atoms with E-state index in [4.69, 9.17) is 0 Å². The Labute approximate surface area is 130 Å². The number of carbonyl (C=O) groups is 1. The van der Waals surface area contributed by atoms with E-state index in [1.165, 1.54) is 0 Å². The van der Waals surface area contributed by atoms with Crippen LogP contribution in [-0.2, 0) is 0 Å². The molecule has 3 N–H and O–H groups in total. The molecule has 0 saturated heterocycles. The SMILES string of the molecule is Cc1csc(C(NC(=O)NC(CO)CC(C)C)C2CC2)n1. The fraction of sp³-hybridized carbons (Fsp3) is 0.733. The molecule has 1 saturated carbocycles. The highest BCUT2D eigenvalue weighted by atomic mass is 32.1. The molecule has 0 aliphatic heterocycles. The smallest absolute Gasteiger partial charge is 0.315 e. The summed E-state index contributed by atoms with van der Waals surface area (Å²) in [7, 11) is 0. The molecule has 5 nitrogen and oxygen atoms in total. The standard InChI is InChI=1S/C15H25N3O2S/c1-9(2)6-12(7-19)17-15(20)18-13(11-4-5-11)14-16-10(3)8-21-14/h8-9,11-13,19H,4-7H2,1-3H3,(H2,17,18,20). The zero-order valence-electron chi connectivity index (χ0n) is 12.9. The Kier molecular flexibility index (Phi) is 5.58. The fourth-order valence-corrected chi connectivity index (χ4v) is 3.38. The number of rotatable bonds is 7. The minimum atomic E-state index is -0.209. The van der Waals surface area contributed by atoms with Crippen LogP contribution in [0.15, 0.2) is 5.38 Å². The molecule has 0 aromatic carbocycles. The summed E-state index contributed by atoms with van der Waals surface area (Å²) >= 11 is 1.60. The van der Waals surface area contributed by atoms with Gasteiger partial charge in [-0.05, 0) is 38.0 Å². The summed E-state index contributed by atoms with van der Waals surface area (Å²) in [4.78, 5) is 16.7. The van der Waals surface area contributed by atoms with Gasteiger partial charge in [-0.3, -0.25) is 0 Å². The summed E-state index contributed by atoms with van der Waals surface area (Å²) in [6, 6.07) is -0.399. The molecule has 6 heteroatoms. The van der Waals surface area contributed by atoms with E-state index in [-0.39, 0.29) is 24.7 Å². The average Bonchev–Trinajstić information content (AvgIpc) is 3.16. The van der Waals surface area contributed by atoms with Crippen LogP contribution in [0.25, 0.3) is 0 Å². The van der Waals surface area contributed by atoms with Crippen LogP contribution < -0.4 is 10.6 Å². The highest BCUT2D eigenvalue weighted by molar-refractivity contribution is 7.09. The zero-order chi connectivity index (χ0) is 15.4. The second-order valence-electron chi connectivity index (χ2n) is 6.27. The van der Waals surface area contributed by atoms with Crippen LogP contribution in [0, 0.1) is 18.8 Å². The molecule has 1 heterocycles. The third kappa shape index (κ3) is 4.97. The maximum Gasteiger partial charge on any atom is 0.315 e. The number of hydrogen-bond donors (Lipinski definition) is 3. The normalized spacial score (nSPS) is 17.6. The van der Waals surface area contributed by atoms with Gasteiger partial charge in [-0.15, -0.1) is 11.3 Å². The molecule has 2 unspecified atom stereocenters. The summed E-state index contributed by atoms with van der Waals surface area (Å²) in [6.45, 7) is 6.09. The number of aliphatic hydroxyl groups is 1. The molecule has 1 aromatic heterocycles. The average molecular weight is 311 g/mol. The van der Waals surface area contributed by atoms with Crippen LogP contribution in [0.3, 0.4) is 0 Å². The van der Waals surface area contributed by atoms with E-state index in [1.54, 1.807) is 11.3 Å². The second kappa shape index (κ2) is 7.22. The number of aromatic nitrogens is 1. The van der Waals surface area contributed by atoms with Crippen LogP contribution in [0.4, 0.5) is 4.79 Å². The Bertz CT molecular complexity index is 471. The highest BCUT2D eigenvalue weighted by Crippen LogP contribution is 2.41. The Morgan fingerprint density at radius 3 is 2.67 bits per heavy atom. The van der Waals surface area contributed by atoms with Gasteiger partial charge >= 0.3 is 6.03 Å². The van der Waals surface area contributed by atoms with Crippen LogP contribution in [-0.4, -0.2) is 28.8 Å². The molecule has 1 aromatic rings. The maximum atomic E-state index is 12.2. The monoisotopic (exact) mass is 311 g/mol. The van der Waals surface area contributed by atoms with Crippen LogP contribution >= 0.6 is 11.3 Å². The molecule has 0 spiro atoms. The van der Waals surface area contributed by atoms with Crippen LogP contribution in [0.5, 0.6) is 0 Å². The number of aryl methyl sites for hydroxylation is 1. The van der Waals surface area contributed by atoms with Crippen molar-refractivity contribution in [2.45, 2.75) is 52.1 Å². The summed E-state index contributed by atoms with van der Waals surface area (Å²) in [5.74, 6) is 0.933. The lowest BCUT2D eigenvalue weighted by Gasteiger charge is -2.21. The van der Waals surface area contributed by atoms with E-state index in [2.05, 4.69) is 29.5 Å². The Morgan fingerprint density at radius 2 is 2.19 bits per heavy atom. The summed E-state index contributed by atoms with van der Waals surface area (Å²) in [6.07, 6.45) is 3.05. The van der Waals surface area contributed by atoms with Crippen molar-refractivity contribution in [3.05, 3.63) is 16.1 Å². The molecule has 2 rings (SSSR count). The predicted molar refractivity (Wildman–Crippen MR) is 84.3 cm³/mol. The third-order valence-corrected chi connectivity index (χ3v) is 4.64. The zero-order valence-corrected chi connectivity index (χ0v) is 13.7. The van der Waals surface area contributed by atoms with Gasteiger partial charge in [-0.1, -0.05) is 13.8 Å². The lowest BCUT2D eigenvalue weighted by Crippen LogP contribution is -2.45. The highest BCUT2D eigenvalue weighted by Gasteiger charge is 2.35. The number of nitrogens with one attached hydrogen (secondary N) is 2. The lowest BCUT2D eigenvalue weighted by atomic mass is 10.0. The molecule has 1 aliphatic rings. The molecule has 21 heavy (non-hydrogen) atoms. The van der Waals surface area contributed by atoms with Crippen LogP contribution in [0.2, 0.25) is 0 Å². The van der Waals surface area contributed by atoms with E-state index in [9.17, 15) is 9.90 Å². The molecule has 1 aliphatic carbocycles. The van der Waals surface area contributed by atoms with Crippen molar-refractivity contribution < 1.29 is 9.90 Å². The molecule has 1 fully saturated rings. The Hall–Kier alpha value is -1.14. The van der Waals surface area contributed by atoms with Gasteiger partial charge in [0, 0.05) is 11.1 Å². The summed E-state index contributed by atoms with van der Waals surface area (Å²) in [5.41, 5.74) is 0.996. The largest absolute Gasteiger partial charge is 0.394 e. The molecule has 0 radical (unpaired) electrons. The van der Waals surface area contributed by atoms with E-state index in [0.717, 1.165) is 30.0 Å². The van der Waals surface area contributed by atoms with Crippen molar-refractivity contribution >= 4 is 17.4 Å². The lowest BCUT2D eigenvalue weighted by molar-refractivity contribution is 0.203. The Morgan fingerprint density at radius 1 is 1.48 bits per heavy atom. The van der Waals surface area contributed by atoms with Crippen molar-refractivity contribution in [1.82, 2.24) is 15.6 Å². The van der Waals surface area contributed by atoms with Gasteiger partial charge in [0.15, 0.2) is 0 Å². The van der Waals surface area contributed by atoms with Gasteiger partial charge in [-0.25, -0.2) is 9.78 Å². The second-order valence-corrected chi connectivity index (χ2v) is 7.16. The maximum absolute atomic E-state index is 12.2. The van der Waals surface area contributed by atoms with Gasteiger partial charge < -0.3 is 15.7 Å². The number of aliphatic hydroxyl groups excluding tert-OH is 1. The number of amides is 2.